The standard InChI is InChI=1S/C16H12BrClN2O4S2/c1-24-9-6-8(16(7-19)4-5-16)14(13(18)12(9)15(20)21)26(22,23)11-3-2-10(17)25-11/h2-3,6H,4-5H2,1H3,(H2,20,21). The lowest BCUT2D eigenvalue weighted by atomic mass is 9.95. The molecule has 1 aliphatic rings. The average Bonchev–Trinajstić information content (AvgIpc) is 3.26. The highest BCUT2D eigenvalue weighted by molar-refractivity contribution is 9.11. The monoisotopic (exact) mass is 474 g/mol. The molecule has 2 aromatic rings. The molecule has 1 heterocycles. The second kappa shape index (κ2) is 6.53. The molecular formula is C16H12BrClN2O4S2. The van der Waals surface area contributed by atoms with Crippen molar-refractivity contribution in [1.29, 1.82) is 5.26 Å². The Kier molecular flexibility index (Phi) is 4.82. The molecule has 0 spiro atoms. The fourth-order valence-electron chi connectivity index (χ4n) is 2.73. The molecule has 0 bridgehead atoms. The van der Waals surface area contributed by atoms with Crippen LogP contribution in [0.2, 0.25) is 5.02 Å². The number of benzene rings is 1. The lowest BCUT2D eigenvalue weighted by Crippen LogP contribution is -2.19. The molecule has 0 aliphatic heterocycles. The van der Waals surface area contributed by atoms with Gasteiger partial charge < -0.3 is 10.5 Å². The fraction of sp³-hybridized carbons (Fsp3) is 0.250. The molecule has 0 saturated heterocycles. The van der Waals surface area contributed by atoms with E-state index in [0.29, 0.717) is 16.6 Å². The van der Waals surface area contributed by atoms with Gasteiger partial charge in [0.15, 0.2) is 0 Å². The van der Waals surface area contributed by atoms with Gasteiger partial charge in [0, 0.05) is 0 Å². The van der Waals surface area contributed by atoms with Gasteiger partial charge in [-0.25, -0.2) is 8.42 Å². The van der Waals surface area contributed by atoms with E-state index in [1.807, 2.05) is 0 Å². The number of hydrogen-bond donors (Lipinski definition) is 1. The zero-order valence-corrected chi connectivity index (χ0v) is 17.4. The van der Waals surface area contributed by atoms with E-state index in [-0.39, 0.29) is 31.0 Å². The molecule has 0 radical (unpaired) electrons. The van der Waals surface area contributed by atoms with Crippen LogP contribution in [0.4, 0.5) is 0 Å². The summed E-state index contributed by atoms with van der Waals surface area (Å²) in [6.45, 7) is 0. The number of halogens is 2. The molecule has 1 saturated carbocycles. The van der Waals surface area contributed by atoms with Gasteiger partial charge >= 0.3 is 0 Å². The average molecular weight is 476 g/mol. The van der Waals surface area contributed by atoms with Gasteiger partial charge in [0.1, 0.15) is 15.5 Å². The molecule has 2 N–H and O–H groups in total. The van der Waals surface area contributed by atoms with Crippen molar-refractivity contribution in [3.63, 3.8) is 0 Å². The number of carbonyl (C=O) groups excluding carboxylic acids is 1. The predicted molar refractivity (Wildman–Crippen MR) is 101 cm³/mol. The number of thiophene rings is 1. The SMILES string of the molecule is COc1cc(C2(C#N)CC2)c(S(=O)(=O)c2ccc(Br)s2)c(Cl)c1C(N)=O. The lowest BCUT2D eigenvalue weighted by Gasteiger charge is -2.19. The highest BCUT2D eigenvalue weighted by Crippen LogP contribution is 2.53. The molecule has 1 aliphatic carbocycles. The highest BCUT2D eigenvalue weighted by atomic mass is 79.9. The molecule has 10 heteroatoms. The summed E-state index contributed by atoms with van der Waals surface area (Å²) in [7, 11) is -2.75. The summed E-state index contributed by atoms with van der Waals surface area (Å²) in [6.07, 6.45) is 0.991. The van der Waals surface area contributed by atoms with Crippen molar-refractivity contribution in [2.24, 2.45) is 5.73 Å². The number of amides is 1. The summed E-state index contributed by atoms with van der Waals surface area (Å²) in [6, 6.07) is 6.58. The molecule has 0 unspecified atom stereocenters. The maximum atomic E-state index is 13.3. The van der Waals surface area contributed by atoms with Crippen LogP contribution in [-0.2, 0) is 15.3 Å². The third-order valence-electron chi connectivity index (χ3n) is 4.21. The Labute approximate surface area is 167 Å². The molecule has 1 amide bonds. The van der Waals surface area contributed by atoms with E-state index >= 15 is 0 Å². The van der Waals surface area contributed by atoms with E-state index < -0.39 is 21.2 Å². The molecule has 3 rings (SSSR count). The summed E-state index contributed by atoms with van der Waals surface area (Å²) >= 11 is 10.6. The van der Waals surface area contributed by atoms with Crippen molar-refractivity contribution >= 4 is 54.6 Å². The maximum absolute atomic E-state index is 13.3. The van der Waals surface area contributed by atoms with Gasteiger partial charge in [-0.3, -0.25) is 4.79 Å². The molecule has 1 fully saturated rings. The highest BCUT2D eigenvalue weighted by Gasteiger charge is 2.50. The zero-order valence-electron chi connectivity index (χ0n) is 13.4. The Balaban J connectivity index is 2.42. The van der Waals surface area contributed by atoms with Gasteiger partial charge in [-0.05, 0) is 52.5 Å². The minimum Gasteiger partial charge on any atom is -0.496 e. The topological polar surface area (TPSA) is 110 Å². The number of nitrogens with zero attached hydrogens (tertiary/aromatic N) is 1. The Bertz CT molecular complexity index is 1070. The molecule has 136 valence electrons. The minimum atomic E-state index is -4.07. The van der Waals surface area contributed by atoms with Crippen molar-refractivity contribution in [1.82, 2.24) is 0 Å². The first-order chi connectivity index (χ1) is 12.2. The van der Waals surface area contributed by atoms with E-state index in [0.717, 1.165) is 11.3 Å². The maximum Gasteiger partial charge on any atom is 0.254 e. The van der Waals surface area contributed by atoms with Crippen molar-refractivity contribution in [3.8, 4) is 11.8 Å². The van der Waals surface area contributed by atoms with Crippen LogP contribution in [0.5, 0.6) is 5.75 Å². The van der Waals surface area contributed by atoms with Crippen LogP contribution < -0.4 is 10.5 Å². The third-order valence-corrected chi connectivity index (χ3v) is 8.66. The number of carbonyl (C=O) groups is 1. The van der Waals surface area contributed by atoms with Crippen molar-refractivity contribution < 1.29 is 17.9 Å². The van der Waals surface area contributed by atoms with Crippen LogP contribution in [-0.4, -0.2) is 21.4 Å². The number of methoxy groups -OCH3 is 1. The molecule has 26 heavy (non-hydrogen) atoms. The van der Waals surface area contributed by atoms with Gasteiger partial charge in [-0.15, -0.1) is 11.3 Å². The Hall–Kier alpha value is -1.60. The van der Waals surface area contributed by atoms with E-state index in [2.05, 4.69) is 22.0 Å². The summed E-state index contributed by atoms with van der Waals surface area (Å²) in [4.78, 5) is 11.6. The van der Waals surface area contributed by atoms with Crippen LogP contribution >= 0.6 is 38.9 Å². The van der Waals surface area contributed by atoms with E-state index in [1.165, 1.54) is 19.2 Å². The molecule has 0 atom stereocenters. The van der Waals surface area contributed by atoms with E-state index in [1.54, 1.807) is 6.07 Å². The number of sulfone groups is 1. The minimum absolute atomic E-state index is 0.0434. The Morgan fingerprint density at radius 2 is 2.12 bits per heavy atom. The smallest absolute Gasteiger partial charge is 0.254 e. The van der Waals surface area contributed by atoms with Gasteiger partial charge in [0.25, 0.3) is 5.91 Å². The molecule has 1 aromatic carbocycles. The van der Waals surface area contributed by atoms with Gasteiger partial charge in [0.05, 0.1) is 32.3 Å². The van der Waals surface area contributed by atoms with Gasteiger partial charge in [-0.1, -0.05) is 11.6 Å². The Morgan fingerprint density at radius 3 is 2.54 bits per heavy atom. The molecule has 1 aromatic heterocycles. The van der Waals surface area contributed by atoms with Crippen molar-refractivity contribution in [2.75, 3.05) is 7.11 Å². The van der Waals surface area contributed by atoms with Gasteiger partial charge in [-0.2, -0.15) is 5.26 Å². The first-order valence-corrected chi connectivity index (χ1v) is 10.8. The third kappa shape index (κ3) is 2.91. The second-order valence-electron chi connectivity index (χ2n) is 5.76. The van der Waals surface area contributed by atoms with Crippen LogP contribution in [0.3, 0.4) is 0 Å². The number of primary amides is 1. The van der Waals surface area contributed by atoms with E-state index in [9.17, 15) is 18.5 Å². The molecular weight excluding hydrogens is 464 g/mol. The largest absolute Gasteiger partial charge is 0.496 e. The lowest BCUT2D eigenvalue weighted by molar-refractivity contribution is 0.0997. The number of hydrogen-bond acceptors (Lipinski definition) is 6. The van der Waals surface area contributed by atoms with Crippen LogP contribution in [0, 0.1) is 11.3 Å². The number of ether oxygens (including phenoxy) is 1. The van der Waals surface area contributed by atoms with Crippen molar-refractivity contribution in [2.45, 2.75) is 27.4 Å². The van der Waals surface area contributed by atoms with Crippen LogP contribution in [0.25, 0.3) is 0 Å². The number of rotatable bonds is 5. The zero-order chi connectivity index (χ0) is 19.3. The first-order valence-electron chi connectivity index (χ1n) is 7.30. The predicted octanol–water partition coefficient (Wildman–Crippen LogP) is 3.66. The fourth-order valence-corrected chi connectivity index (χ4v) is 7.05. The summed E-state index contributed by atoms with van der Waals surface area (Å²) in [5.41, 5.74) is 4.43. The van der Waals surface area contributed by atoms with Gasteiger partial charge in [0.2, 0.25) is 9.84 Å². The summed E-state index contributed by atoms with van der Waals surface area (Å²) in [5.74, 6) is -0.866. The quantitative estimate of drug-likeness (QED) is 0.709. The normalized spacial score (nSPS) is 15.3. The van der Waals surface area contributed by atoms with E-state index in [4.69, 9.17) is 22.1 Å². The summed E-state index contributed by atoms with van der Waals surface area (Å²) in [5, 5.41) is 9.26. The van der Waals surface area contributed by atoms with Crippen molar-refractivity contribution in [3.05, 3.63) is 38.1 Å². The van der Waals surface area contributed by atoms with Crippen LogP contribution in [0.1, 0.15) is 28.8 Å². The second-order valence-corrected chi connectivity index (χ2v) is 10.7. The number of nitrogens with two attached hydrogens (primary N) is 1. The first kappa shape index (κ1) is 19.2. The van der Waals surface area contributed by atoms with Crippen LogP contribution in [0.15, 0.2) is 31.1 Å². The summed E-state index contributed by atoms with van der Waals surface area (Å²) < 4.78 is 32.4. The number of nitriles is 1. The Morgan fingerprint density at radius 1 is 1.46 bits per heavy atom. The molecule has 6 nitrogen and oxygen atoms in total.